The molecule has 0 bridgehead atoms. The van der Waals surface area contributed by atoms with Gasteiger partial charge in [0.15, 0.2) is 0 Å². The number of ether oxygens (including phenoxy) is 1. The van der Waals surface area contributed by atoms with E-state index >= 15 is 0 Å². The zero-order valence-corrected chi connectivity index (χ0v) is 13.3. The van der Waals surface area contributed by atoms with Gasteiger partial charge in [-0.15, -0.1) is 0 Å². The lowest BCUT2D eigenvalue weighted by Gasteiger charge is -2.44. The van der Waals surface area contributed by atoms with Gasteiger partial charge in [0.25, 0.3) is 0 Å². The van der Waals surface area contributed by atoms with Crippen molar-refractivity contribution in [1.29, 1.82) is 0 Å². The van der Waals surface area contributed by atoms with Crippen LogP contribution in [0.4, 0.5) is 0 Å². The third kappa shape index (κ3) is 2.29. The van der Waals surface area contributed by atoms with Gasteiger partial charge in [-0.1, -0.05) is 25.1 Å². The summed E-state index contributed by atoms with van der Waals surface area (Å²) >= 11 is 0. The van der Waals surface area contributed by atoms with Gasteiger partial charge in [-0.25, -0.2) is 0 Å². The molecule has 0 amide bonds. The van der Waals surface area contributed by atoms with E-state index in [0.29, 0.717) is 6.42 Å². The Balaban J connectivity index is 1.59. The Labute approximate surface area is 132 Å². The predicted molar refractivity (Wildman–Crippen MR) is 86.9 cm³/mol. The van der Waals surface area contributed by atoms with Crippen LogP contribution in [0.5, 0.6) is 5.75 Å². The summed E-state index contributed by atoms with van der Waals surface area (Å²) in [5, 5.41) is 0. The topological polar surface area (TPSA) is 26.3 Å². The van der Waals surface area contributed by atoms with Crippen molar-refractivity contribution < 1.29 is 9.53 Å². The number of rotatable bonds is 2. The molecule has 1 saturated carbocycles. The van der Waals surface area contributed by atoms with E-state index in [9.17, 15) is 4.79 Å². The van der Waals surface area contributed by atoms with Gasteiger partial charge < -0.3 is 4.74 Å². The van der Waals surface area contributed by atoms with Crippen molar-refractivity contribution in [2.24, 2.45) is 17.8 Å². The monoisotopic (exact) mass is 296 g/mol. The maximum Gasteiger partial charge on any atom is 0.310 e. The molecule has 2 nitrogen and oxygen atoms in total. The van der Waals surface area contributed by atoms with E-state index < -0.39 is 0 Å². The molecule has 0 radical (unpaired) electrons. The van der Waals surface area contributed by atoms with Crippen molar-refractivity contribution in [2.75, 3.05) is 0 Å². The molecular weight excluding hydrogens is 272 g/mol. The van der Waals surface area contributed by atoms with E-state index in [1.54, 1.807) is 0 Å². The lowest BCUT2D eigenvalue weighted by Crippen LogP contribution is -2.34. The highest BCUT2D eigenvalue weighted by molar-refractivity contribution is 5.72. The molecule has 0 aliphatic heterocycles. The number of allylic oxidation sites excluding steroid dienone is 2. The van der Waals surface area contributed by atoms with Crippen LogP contribution in [0.25, 0.3) is 0 Å². The molecule has 3 aliphatic carbocycles. The van der Waals surface area contributed by atoms with Crippen LogP contribution in [0.1, 0.15) is 56.1 Å². The molecule has 22 heavy (non-hydrogen) atoms. The van der Waals surface area contributed by atoms with Gasteiger partial charge in [0.1, 0.15) is 5.75 Å². The lowest BCUT2D eigenvalue weighted by molar-refractivity contribution is -0.134. The first-order chi connectivity index (χ1) is 10.8. The van der Waals surface area contributed by atoms with Gasteiger partial charge in [-0.2, -0.15) is 0 Å². The minimum absolute atomic E-state index is 0.147. The summed E-state index contributed by atoms with van der Waals surface area (Å²) in [6.45, 7) is 1.83. The van der Waals surface area contributed by atoms with E-state index in [1.165, 1.54) is 36.8 Å². The molecule has 4 atom stereocenters. The highest BCUT2D eigenvalue weighted by Gasteiger charge is 2.42. The largest absolute Gasteiger partial charge is 0.427 e. The number of aryl methyl sites for hydroxylation is 1. The second-order valence-electron chi connectivity index (χ2n) is 7.07. The molecular formula is C20H24O2. The van der Waals surface area contributed by atoms with Crippen molar-refractivity contribution in [2.45, 2.75) is 51.4 Å². The second-order valence-corrected chi connectivity index (χ2v) is 7.07. The minimum atomic E-state index is -0.147. The molecule has 1 fully saturated rings. The van der Waals surface area contributed by atoms with Crippen LogP contribution in [0.15, 0.2) is 30.4 Å². The summed E-state index contributed by atoms with van der Waals surface area (Å²) in [7, 11) is 0. The maximum absolute atomic E-state index is 11.5. The molecule has 1 aromatic carbocycles. The summed E-state index contributed by atoms with van der Waals surface area (Å²) in [5.41, 5.74) is 2.94. The van der Waals surface area contributed by atoms with E-state index in [1.807, 2.05) is 13.0 Å². The molecule has 0 spiro atoms. The Morgan fingerprint density at radius 1 is 1.23 bits per heavy atom. The van der Waals surface area contributed by atoms with Crippen molar-refractivity contribution in [3.8, 4) is 5.75 Å². The first-order valence-corrected chi connectivity index (χ1v) is 8.76. The fourth-order valence-corrected chi connectivity index (χ4v) is 4.97. The zero-order chi connectivity index (χ0) is 15.1. The van der Waals surface area contributed by atoms with Crippen LogP contribution in [0, 0.1) is 17.8 Å². The molecule has 1 aromatic rings. The molecule has 4 unspecified atom stereocenters. The molecule has 2 heteroatoms. The van der Waals surface area contributed by atoms with Gasteiger partial charge in [-0.3, -0.25) is 4.79 Å². The van der Waals surface area contributed by atoms with E-state index in [4.69, 9.17) is 4.74 Å². The number of hydrogen-bond donors (Lipinski definition) is 0. The Bertz CT molecular complexity index is 616. The molecule has 0 heterocycles. The van der Waals surface area contributed by atoms with Gasteiger partial charge in [-0.05, 0) is 79.0 Å². The van der Waals surface area contributed by atoms with E-state index in [0.717, 1.165) is 35.8 Å². The van der Waals surface area contributed by atoms with Crippen molar-refractivity contribution in [3.05, 3.63) is 41.5 Å². The lowest BCUT2D eigenvalue weighted by atomic mass is 9.61. The number of carbonyl (C=O) groups is 1. The summed E-state index contributed by atoms with van der Waals surface area (Å²) in [6, 6.07) is 6.33. The van der Waals surface area contributed by atoms with E-state index in [-0.39, 0.29) is 5.97 Å². The fourth-order valence-electron chi connectivity index (χ4n) is 4.97. The van der Waals surface area contributed by atoms with Gasteiger partial charge >= 0.3 is 5.97 Å². The van der Waals surface area contributed by atoms with Gasteiger partial charge in [0.2, 0.25) is 0 Å². The number of esters is 1. The summed E-state index contributed by atoms with van der Waals surface area (Å²) in [6.07, 6.45) is 11.7. The average molecular weight is 296 g/mol. The summed E-state index contributed by atoms with van der Waals surface area (Å²) in [5.74, 6) is 3.87. The van der Waals surface area contributed by atoms with Crippen molar-refractivity contribution in [3.63, 3.8) is 0 Å². The maximum atomic E-state index is 11.5. The van der Waals surface area contributed by atoms with Crippen LogP contribution in [0.2, 0.25) is 0 Å². The first-order valence-electron chi connectivity index (χ1n) is 8.76. The highest BCUT2D eigenvalue weighted by Crippen LogP contribution is 2.53. The smallest absolute Gasteiger partial charge is 0.310 e. The SMILES string of the molecule is CCC(=O)Oc1ccc2c(c1)CCC1C2CCC2C=CCC21. The predicted octanol–water partition coefficient (Wildman–Crippen LogP) is 4.63. The van der Waals surface area contributed by atoms with Crippen LogP contribution in [0.3, 0.4) is 0 Å². The Morgan fingerprint density at radius 2 is 2.14 bits per heavy atom. The molecule has 0 saturated heterocycles. The third-order valence-electron chi connectivity index (χ3n) is 6.00. The van der Waals surface area contributed by atoms with Gasteiger partial charge in [0, 0.05) is 6.42 Å². The number of fused-ring (bicyclic) bond motifs is 5. The molecule has 116 valence electrons. The van der Waals surface area contributed by atoms with Crippen LogP contribution >= 0.6 is 0 Å². The van der Waals surface area contributed by atoms with Crippen molar-refractivity contribution >= 4 is 5.97 Å². The quantitative estimate of drug-likeness (QED) is 0.452. The Kier molecular flexibility index (Phi) is 3.56. The van der Waals surface area contributed by atoms with Crippen LogP contribution in [-0.4, -0.2) is 5.97 Å². The fraction of sp³-hybridized carbons (Fsp3) is 0.550. The average Bonchev–Trinajstić information content (AvgIpc) is 3.03. The van der Waals surface area contributed by atoms with Crippen LogP contribution in [-0.2, 0) is 11.2 Å². The summed E-state index contributed by atoms with van der Waals surface area (Å²) in [4.78, 5) is 11.5. The van der Waals surface area contributed by atoms with E-state index in [2.05, 4.69) is 24.3 Å². The van der Waals surface area contributed by atoms with Gasteiger partial charge in [0.05, 0.1) is 0 Å². The first kappa shape index (κ1) is 14.0. The molecule has 0 N–H and O–H groups in total. The summed E-state index contributed by atoms with van der Waals surface area (Å²) < 4.78 is 5.39. The highest BCUT2D eigenvalue weighted by atomic mass is 16.5. The minimum Gasteiger partial charge on any atom is -0.427 e. The second kappa shape index (κ2) is 5.57. The number of hydrogen-bond acceptors (Lipinski definition) is 2. The normalized spacial score (nSPS) is 32.0. The van der Waals surface area contributed by atoms with Crippen molar-refractivity contribution in [1.82, 2.24) is 0 Å². The third-order valence-corrected chi connectivity index (χ3v) is 6.00. The Morgan fingerprint density at radius 3 is 3.00 bits per heavy atom. The Hall–Kier alpha value is -1.57. The van der Waals surface area contributed by atoms with Crippen LogP contribution < -0.4 is 4.74 Å². The number of carbonyl (C=O) groups excluding carboxylic acids is 1. The zero-order valence-electron chi connectivity index (χ0n) is 13.3. The molecule has 4 rings (SSSR count). The standard InChI is InChI=1S/C20H24O2/c1-2-20(21)22-15-8-11-17-14(12-15)7-10-18-16-5-3-4-13(16)6-9-19(17)18/h3-4,8,11-13,16,18-19H,2,5-7,9-10H2,1H3. The number of benzene rings is 1. The molecule has 3 aliphatic rings. The molecule has 0 aromatic heterocycles.